The molecule has 0 spiro atoms. The van der Waals surface area contributed by atoms with Gasteiger partial charge in [-0.05, 0) is 43.2 Å². The van der Waals surface area contributed by atoms with E-state index in [0.717, 1.165) is 37.4 Å². The van der Waals surface area contributed by atoms with Crippen LogP contribution in [-0.4, -0.2) is 33.8 Å². The van der Waals surface area contributed by atoms with Gasteiger partial charge in [-0.1, -0.05) is 29.3 Å². The van der Waals surface area contributed by atoms with E-state index in [0.29, 0.717) is 15.9 Å². The number of nitrogens with one attached hydrogen (secondary N) is 1. The van der Waals surface area contributed by atoms with Gasteiger partial charge in [-0.2, -0.15) is 5.10 Å². The lowest BCUT2D eigenvalue weighted by Gasteiger charge is -2.32. The lowest BCUT2D eigenvalue weighted by atomic mass is 9.96. The van der Waals surface area contributed by atoms with Gasteiger partial charge in [0.05, 0.1) is 16.9 Å². The first kappa shape index (κ1) is 18.8. The Morgan fingerprint density at radius 2 is 1.89 bits per heavy atom. The van der Waals surface area contributed by atoms with Crippen molar-refractivity contribution in [2.24, 2.45) is 5.92 Å². The maximum Gasteiger partial charge on any atom is 0.228 e. The normalized spacial score (nSPS) is 14.9. The number of piperidine rings is 1. The van der Waals surface area contributed by atoms with Crippen molar-refractivity contribution in [3.8, 4) is 5.69 Å². The second-order valence-corrected chi connectivity index (χ2v) is 7.57. The van der Waals surface area contributed by atoms with Gasteiger partial charge in [-0.3, -0.25) is 4.79 Å². The molecule has 1 saturated heterocycles. The highest BCUT2D eigenvalue weighted by Gasteiger charge is 2.26. The molecule has 2 aromatic heterocycles. The van der Waals surface area contributed by atoms with Crippen LogP contribution in [0.1, 0.15) is 12.8 Å². The molecule has 6 nitrogen and oxygen atoms in total. The summed E-state index contributed by atoms with van der Waals surface area (Å²) < 4.78 is 1.68. The van der Waals surface area contributed by atoms with Gasteiger partial charge in [0.25, 0.3) is 0 Å². The molecule has 0 saturated carbocycles. The molecule has 3 aromatic rings. The molecule has 1 aromatic carbocycles. The number of halogens is 2. The SMILES string of the molecule is O=C(Nc1ccnn1-c1cccc(Cl)c1)C1CCN(c2ccc(Cl)cn2)CC1. The van der Waals surface area contributed by atoms with Crippen molar-refractivity contribution in [1.82, 2.24) is 14.8 Å². The zero-order chi connectivity index (χ0) is 19.5. The van der Waals surface area contributed by atoms with Gasteiger partial charge in [-0.25, -0.2) is 9.67 Å². The number of pyridine rings is 1. The summed E-state index contributed by atoms with van der Waals surface area (Å²) in [5.74, 6) is 1.48. The van der Waals surface area contributed by atoms with E-state index in [1.54, 1.807) is 29.2 Å². The zero-order valence-electron chi connectivity index (χ0n) is 15.1. The molecule has 0 aliphatic carbocycles. The highest BCUT2D eigenvalue weighted by Crippen LogP contribution is 2.25. The van der Waals surface area contributed by atoms with Crippen LogP contribution in [0.15, 0.2) is 54.9 Å². The first-order valence-corrected chi connectivity index (χ1v) is 9.83. The number of amides is 1. The molecule has 1 aliphatic rings. The van der Waals surface area contributed by atoms with Crippen LogP contribution >= 0.6 is 23.2 Å². The topological polar surface area (TPSA) is 63.1 Å². The summed E-state index contributed by atoms with van der Waals surface area (Å²) >= 11 is 12.0. The predicted octanol–water partition coefficient (Wildman–Crippen LogP) is 4.43. The van der Waals surface area contributed by atoms with Crippen molar-refractivity contribution >= 4 is 40.7 Å². The third-order valence-corrected chi connectivity index (χ3v) is 5.31. The summed E-state index contributed by atoms with van der Waals surface area (Å²) in [6, 6.07) is 12.9. The van der Waals surface area contributed by atoms with Crippen molar-refractivity contribution in [1.29, 1.82) is 0 Å². The van der Waals surface area contributed by atoms with Crippen molar-refractivity contribution in [3.63, 3.8) is 0 Å². The lowest BCUT2D eigenvalue weighted by Crippen LogP contribution is -2.38. The Labute approximate surface area is 173 Å². The average molecular weight is 416 g/mol. The van der Waals surface area contributed by atoms with Crippen molar-refractivity contribution in [3.05, 3.63) is 64.9 Å². The van der Waals surface area contributed by atoms with Crippen LogP contribution in [0.3, 0.4) is 0 Å². The van der Waals surface area contributed by atoms with Crippen LogP contribution in [0.25, 0.3) is 5.69 Å². The third-order valence-electron chi connectivity index (χ3n) is 4.85. The molecule has 0 unspecified atom stereocenters. The standard InChI is InChI=1S/C20H19Cl2N5O/c21-15-2-1-3-17(12-15)27-19(6-9-24-27)25-20(28)14-7-10-26(11-8-14)18-5-4-16(22)13-23-18/h1-6,9,12-14H,7-8,10-11H2,(H,25,28). The van der Waals surface area contributed by atoms with Crippen molar-refractivity contribution in [2.75, 3.05) is 23.3 Å². The molecule has 1 N–H and O–H groups in total. The van der Waals surface area contributed by atoms with Gasteiger partial charge < -0.3 is 10.2 Å². The summed E-state index contributed by atoms with van der Waals surface area (Å²) in [6.45, 7) is 1.56. The van der Waals surface area contributed by atoms with Crippen LogP contribution in [-0.2, 0) is 4.79 Å². The van der Waals surface area contributed by atoms with Gasteiger partial charge in [0, 0.05) is 36.3 Å². The molecule has 8 heteroatoms. The fraction of sp³-hybridized carbons (Fsp3) is 0.250. The molecule has 28 heavy (non-hydrogen) atoms. The second kappa shape index (κ2) is 8.20. The van der Waals surface area contributed by atoms with Gasteiger partial charge in [0.1, 0.15) is 11.6 Å². The molecular weight excluding hydrogens is 397 g/mol. The van der Waals surface area contributed by atoms with Crippen molar-refractivity contribution < 1.29 is 4.79 Å². The summed E-state index contributed by atoms with van der Waals surface area (Å²) in [7, 11) is 0. The molecule has 3 heterocycles. The molecule has 1 fully saturated rings. The smallest absolute Gasteiger partial charge is 0.228 e. The number of nitrogens with zero attached hydrogens (tertiary/aromatic N) is 4. The monoisotopic (exact) mass is 415 g/mol. The fourth-order valence-corrected chi connectivity index (χ4v) is 3.66. The summed E-state index contributed by atoms with van der Waals surface area (Å²) in [5, 5.41) is 8.55. The minimum absolute atomic E-state index is 0.00694. The molecular formula is C20H19Cl2N5O. The Morgan fingerprint density at radius 1 is 1.07 bits per heavy atom. The fourth-order valence-electron chi connectivity index (χ4n) is 3.37. The first-order chi connectivity index (χ1) is 13.6. The van der Waals surface area contributed by atoms with Crippen LogP contribution < -0.4 is 10.2 Å². The molecule has 1 aliphatic heterocycles. The number of rotatable bonds is 4. The second-order valence-electron chi connectivity index (χ2n) is 6.69. The number of hydrogen-bond donors (Lipinski definition) is 1. The van der Waals surface area contributed by atoms with Gasteiger partial charge in [-0.15, -0.1) is 0 Å². The molecule has 144 valence electrons. The van der Waals surface area contributed by atoms with E-state index in [4.69, 9.17) is 23.2 Å². The maximum atomic E-state index is 12.8. The first-order valence-electron chi connectivity index (χ1n) is 9.07. The highest BCUT2D eigenvalue weighted by molar-refractivity contribution is 6.30. The number of carbonyl (C=O) groups excluding carboxylic acids is 1. The molecule has 1 amide bonds. The minimum atomic E-state index is -0.0498. The van der Waals surface area contributed by atoms with E-state index >= 15 is 0 Å². The largest absolute Gasteiger partial charge is 0.357 e. The van der Waals surface area contributed by atoms with E-state index in [1.165, 1.54) is 0 Å². The van der Waals surface area contributed by atoms with E-state index in [1.807, 2.05) is 30.3 Å². The van der Waals surface area contributed by atoms with E-state index in [-0.39, 0.29) is 11.8 Å². The summed E-state index contributed by atoms with van der Waals surface area (Å²) in [6.07, 6.45) is 4.83. The van der Waals surface area contributed by atoms with E-state index in [9.17, 15) is 4.79 Å². The predicted molar refractivity (Wildman–Crippen MR) is 111 cm³/mol. The Kier molecular flexibility index (Phi) is 5.50. The Hall–Kier alpha value is -2.57. The molecule has 0 atom stereocenters. The van der Waals surface area contributed by atoms with Gasteiger partial charge >= 0.3 is 0 Å². The quantitative estimate of drug-likeness (QED) is 0.684. The Balaban J connectivity index is 1.39. The van der Waals surface area contributed by atoms with Crippen LogP contribution in [0.4, 0.5) is 11.6 Å². The third kappa shape index (κ3) is 4.13. The van der Waals surface area contributed by atoms with Crippen molar-refractivity contribution in [2.45, 2.75) is 12.8 Å². The average Bonchev–Trinajstić information content (AvgIpc) is 3.17. The van der Waals surface area contributed by atoms with Gasteiger partial charge in [0.15, 0.2) is 0 Å². The maximum absolute atomic E-state index is 12.8. The van der Waals surface area contributed by atoms with Gasteiger partial charge in [0.2, 0.25) is 5.91 Å². The number of carbonyl (C=O) groups is 1. The Morgan fingerprint density at radius 3 is 2.61 bits per heavy atom. The van der Waals surface area contributed by atoms with Crippen LogP contribution in [0.5, 0.6) is 0 Å². The summed E-state index contributed by atoms with van der Waals surface area (Å²) in [4.78, 5) is 19.3. The summed E-state index contributed by atoms with van der Waals surface area (Å²) in [5.41, 5.74) is 0.802. The number of anilines is 2. The minimum Gasteiger partial charge on any atom is -0.357 e. The van der Waals surface area contributed by atoms with E-state index in [2.05, 4.69) is 20.3 Å². The van der Waals surface area contributed by atoms with Crippen LogP contribution in [0, 0.1) is 5.92 Å². The molecule has 4 rings (SSSR count). The number of aromatic nitrogens is 3. The Bertz CT molecular complexity index is 965. The number of benzene rings is 1. The van der Waals surface area contributed by atoms with Crippen LogP contribution in [0.2, 0.25) is 10.0 Å². The number of hydrogen-bond acceptors (Lipinski definition) is 4. The van der Waals surface area contributed by atoms with E-state index < -0.39 is 0 Å². The highest BCUT2D eigenvalue weighted by atomic mass is 35.5. The lowest BCUT2D eigenvalue weighted by molar-refractivity contribution is -0.120. The zero-order valence-corrected chi connectivity index (χ0v) is 16.6. The molecule has 0 radical (unpaired) electrons. The molecule has 0 bridgehead atoms.